The molecular formula is C30H28Cl2O8. The zero-order valence-corrected chi connectivity index (χ0v) is 24.2. The molecule has 0 fully saturated rings. The first kappa shape index (κ1) is 28.1. The van der Waals surface area contributed by atoms with Crippen molar-refractivity contribution in [2.24, 2.45) is 5.92 Å². The molecule has 0 saturated carbocycles. The Morgan fingerprint density at radius 2 is 1.45 bits per heavy atom. The van der Waals surface area contributed by atoms with Crippen molar-refractivity contribution < 1.29 is 39.1 Å². The Morgan fingerprint density at radius 1 is 0.825 bits per heavy atom. The van der Waals surface area contributed by atoms with Crippen molar-refractivity contribution in [1.82, 2.24) is 0 Å². The molecule has 40 heavy (non-hydrogen) atoms. The van der Waals surface area contributed by atoms with E-state index in [1.165, 1.54) is 21.3 Å². The number of carbonyl (C=O) groups excluding carboxylic acids is 2. The maximum atomic E-state index is 14.5. The summed E-state index contributed by atoms with van der Waals surface area (Å²) in [5, 5.41) is 33.3. The van der Waals surface area contributed by atoms with E-state index in [4.69, 9.17) is 37.4 Å². The maximum Gasteiger partial charge on any atom is 0.206 e. The summed E-state index contributed by atoms with van der Waals surface area (Å²) in [5.74, 6) is -2.70. The molecule has 2 aliphatic carbocycles. The molecule has 0 spiro atoms. The molecule has 3 N–H and O–H groups in total. The Kier molecular flexibility index (Phi) is 6.53. The second-order valence-corrected chi connectivity index (χ2v) is 11.5. The molecule has 0 saturated heterocycles. The lowest BCUT2D eigenvalue weighted by molar-refractivity contribution is -0.0202. The fraction of sp³-hybridized carbons (Fsp3) is 0.333. The number of aliphatic hydroxyl groups is 1. The number of Topliss-reactive ketones (excluding diaryl/α,β-unsaturated/α-hetero) is 2. The second-order valence-electron chi connectivity index (χ2n) is 10.7. The van der Waals surface area contributed by atoms with Gasteiger partial charge in [-0.05, 0) is 47.6 Å². The maximum absolute atomic E-state index is 14.5. The minimum Gasteiger partial charge on any atom is -0.507 e. The molecule has 0 radical (unpaired) electrons. The first-order valence-electron chi connectivity index (χ1n) is 12.4. The zero-order chi connectivity index (χ0) is 29.5. The van der Waals surface area contributed by atoms with Crippen LogP contribution in [0.5, 0.6) is 28.7 Å². The molecule has 0 heterocycles. The summed E-state index contributed by atoms with van der Waals surface area (Å²) < 4.78 is 16.6. The van der Waals surface area contributed by atoms with Crippen molar-refractivity contribution >= 4 is 34.8 Å². The molecule has 2 atom stereocenters. The Hall–Kier alpha value is -3.46. The van der Waals surface area contributed by atoms with Crippen LogP contribution in [0.25, 0.3) is 11.1 Å². The highest BCUT2D eigenvalue weighted by atomic mass is 35.5. The molecule has 2 aliphatic rings. The standard InChI is InChI=1S/C30H28Cl2O8/c1-12-7-13(38-4)8-18(39-5)21(12)14-9-19(40-6)25(31)15-10-20-29(2,3)24-23(16(33)11-17(34)26(24)32)28(36)30(20,37)27(35)22(14)15/h7-9,11,20,33-34,37H,10H2,1-6H3/t20-,30+/m1/s1. The van der Waals surface area contributed by atoms with Crippen molar-refractivity contribution in [3.05, 3.63) is 62.1 Å². The highest BCUT2D eigenvalue weighted by Crippen LogP contribution is 2.58. The summed E-state index contributed by atoms with van der Waals surface area (Å²) in [6, 6.07) is 5.95. The first-order chi connectivity index (χ1) is 18.7. The van der Waals surface area contributed by atoms with Gasteiger partial charge >= 0.3 is 0 Å². The van der Waals surface area contributed by atoms with Gasteiger partial charge in [0.15, 0.2) is 5.60 Å². The number of benzene rings is 3. The Morgan fingerprint density at radius 3 is 2.05 bits per heavy atom. The van der Waals surface area contributed by atoms with E-state index in [1.807, 2.05) is 6.92 Å². The van der Waals surface area contributed by atoms with Crippen LogP contribution in [0.1, 0.15) is 51.3 Å². The van der Waals surface area contributed by atoms with E-state index in [2.05, 4.69) is 0 Å². The average Bonchev–Trinajstić information content (AvgIpc) is 2.91. The third-order valence-electron chi connectivity index (χ3n) is 8.34. The minimum atomic E-state index is -2.57. The van der Waals surface area contributed by atoms with E-state index < -0.39 is 40.0 Å². The van der Waals surface area contributed by atoms with Crippen LogP contribution < -0.4 is 14.2 Å². The summed E-state index contributed by atoms with van der Waals surface area (Å²) >= 11 is 13.3. The average molecular weight is 587 g/mol. The van der Waals surface area contributed by atoms with Gasteiger partial charge in [-0.25, -0.2) is 0 Å². The van der Waals surface area contributed by atoms with Gasteiger partial charge in [0.2, 0.25) is 11.6 Å². The van der Waals surface area contributed by atoms with Gasteiger partial charge in [-0.2, -0.15) is 0 Å². The molecule has 0 bridgehead atoms. The zero-order valence-electron chi connectivity index (χ0n) is 22.7. The number of phenolic OH excluding ortho intramolecular Hbond substituents is 2. The van der Waals surface area contributed by atoms with Gasteiger partial charge in [0.05, 0.1) is 36.9 Å². The normalized spacial score (nSPS) is 20.9. The number of fused-ring (bicyclic) bond motifs is 3. The SMILES string of the molecule is COc1cc(C)c(-c2cc(OC)c(Cl)c3c2C(=O)[C@]2(O)C(=O)c4c(O)cc(O)c(Cl)c4C(C)(C)[C@H]2C3)c(OC)c1. The lowest BCUT2D eigenvalue weighted by atomic mass is 9.52. The number of methoxy groups -OCH3 is 3. The van der Waals surface area contributed by atoms with E-state index in [9.17, 15) is 24.9 Å². The van der Waals surface area contributed by atoms with Gasteiger partial charge in [0.1, 0.15) is 28.7 Å². The highest BCUT2D eigenvalue weighted by Gasteiger charge is 2.64. The van der Waals surface area contributed by atoms with Crippen LogP contribution >= 0.6 is 23.2 Å². The molecule has 0 amide bonds. The molecule has 0 unspecified atom stereocenters. The number of hydrogen-bond donors (Lipinski definition) is 3. The Bertz CT molecular complexity index is 1630. The molecular weight excluding hydrogens is 559 g/mol. The molecule has 0 aliphatic heterocycles. The smallest absolute Gasteiger partial charge is 0.206 e. The predicted octanol–water partition coefficient (Wildman–Crippen LogP) is 5.67. The van der Waals surface area contributed by atoms with Crippen LogP contribution in [0.4, 0.5) is 0 Å². The van der Waals surface area contributed by atoms with Crippen molar-refractivity contribution in [3.8, 4) is 39.9 Å². The number of rotatable bonds is 4. The minimum absolute atomic E-state index is 0.0109. The van der Waals surface area contributed by atoms with Crippen LogP contribution in [-0.2, 0) is 11.8 Å². The van der Waals surface area contributed by atoms with Gasteiger partial charge in [-0.1, -0.05) is 37.0 Å². The van der Waals surface area contributed by atoms with Crippen LogP contribution in [0, 0.1) is 12.8 Å². The lowest BCUT2D eigenvalue weighted by Gasteiger charge is -2.51. The van der Waals surface area contributed by atoms with Gasteiger partial charge in [0, 0.05) is 34.7 Å². The van der Waals surface area contributed by atoms with E-state index in [0.29, 0.717) is 39.5 Å². The second kappa shape index (κ2) is 9.29. The van der Waals surface area contributed by atoms with Crippen molar-refractivity contribution in [3.63, 3.8) is 0 Å². The summed E-state index contributed by atoms with van der Waals surface area (Å²) in [7, 11) is 4.46. The van der Waals surface area contributed by atoms with Crippen LogP contribution in [0.15, 0.2) is 24.3 Å². The van der Waals surface area contributed by atoms with Gasteiger partial charge in [-0.3, -0.25) is 9.59 Å². The quantitative estimate of drug-likeness (QED) is 0.334. The van der Waals surface area contributed by atoms with Crippen LogP contribution in [0.3, 0.4) is 0 Å². The first-order valence-corrected chi connectivity index (χ1v) is 13.2. The predicted molar refractivity (Wildman–Crippen MR) is 150 cm³/mol. The fourth-order valence-corrected chi connectivity index (χ4v) is 7.10. The third kappa shape index (κ3) is 3.56. The van der Waals surface area contributed by atoms with Crippen molar-refractivity contribution in [2.45, 2.75) is 38.2 Å². The Balaban J connectivity index is 1.87. The summed E-state index contributed by atoms with van der Waals surface area (Å²) in [5.41, 5.74) is -1.87. The van der Waals surface area contributed by atoms with E-state index >= 15 is 0 Å². The topological polar surface area (TPSA) is 123 Å². The van der Waals surface area contributed by atoms with E-state index in [-0.39, 0.29) is 33.2 Å². The van der Waals surface area contributed by atoms with Crippen molar-refractivity contribution in [2.75, 3.05) is 21.3 Å². The van der Waals surface area contributed by atoms with E-state index in [0.717, 1.165) is 6.07 Å². The number of phenols is 2. The number of hydrogen-bond acceptors (Lipinski definition) is 8. The van der Waals surface area contributed by atoms with E-state index in [1.54, 1.807) is 32.0 Å². The van der Waals surface area contributed by atoms with Crippen LogP contribution in [-0.4, -0.2) is 53.8 Å². The number of aromatic hydroxyl groups is 2. The molecule has 8 nitrogen and oxygen atoms in total. The number of ketones is 2. The van der Waals surface area contributed by atoms with Gasteiger partial charge in [-0.15, -0.1) is 0 Å². The monoisotopic (exact) mass is 586 g/mol. The molecule has 5 rings (SSSR count). The molecule has 3 aromatic carbocycles. The number of carbonyl (C=O) groups is 2. The third-order valence-corrected chi connectivity index (χ3v) is 9.14. The molecule has 210 valence electrons. The van der Waals surface area contributed by atoms with Gasteiger partial charge in [0.25, 0.3) is 0 Å². The highest BCUT2D eigenvalue weighted by molar-refractivity contribution is 6.37. The van der Waals surface area contributed by atoms with Crippen molar-refractivity contribution in [1.29, 1.82) is 0 Å². The summed E-state index contributed by atoms with van der Waals surface area (Å²) in [4.78, 5) is 28.5. The largest absolute Gasteiger partial charge is 0.507 e. The number of ether oxygens (including phenoxy) is 3. The van der Waals surface area contributed by atoms with Crippen LogP contribution in [0.2, 0.25) is 10.0 Å². The molecule has 0 aromatic heterocycles. The molecule has 3 aromatic rings. The number of halogens is 2. The van der Waals surface area contributed by atoms with Gasteiger partial charge < -0.3 is 29.5 Å². The summed E-state index contributed by atoms with van der Waals surface area (Å²) in [6.45, 7) is 5.21. The number of aryl methyl sites for hydroxylation is 1. The fourth-order valence-electron chi connectivity index (χ4n) is 6.40. The lowest BCUT2D eigenvalue weighted by Crippen LogP contribution is -2.64. The Labute approximate surface area is 241 Å². The molecule has 10 heteroatoms. The summed E-state index contributed by atoms with van der Waals surface area (Å²) in [6.07, 6.45) is -0.0109.